The van der Waals surface area contributed by atoms with Crippen molar-refractivity contribution in [1.29, 1.82) is 0 Å². The van der Waals surface area contributed by atoms with Gasteiger partial charge in [-0.25, -0.2) is 0 Å². The average Bonchev–Trinajstić information content (AvgIpc) is 2.46. The lowest BCUT2D eigenvalue weighted by Crippen LogP contribution is -2.03. The van der Waals surface area contributed by atoms with E-state index >= 15 is 0 Å². The first-order valence-electron chi connectivity index (χ1n) is 6.20. The molecule has 3 heteroatoms. The van der Waals surface area contributed by atoms with E-state index in [1.54, 1.807) is 0 Å². The predicted octanol–water partition coefficient (Wildman–Crippen LogP) is 4.62. The van der Waals surface area contributed by atoms with E-state index in [4.69, 9.17) is 4.74 Å². The number of carbonyl (C=O) groups excluding carboxylic acids is 1. The Kier molecular flexibility index (Phi) is 4.74. The van der Waals surface area contributed by atoms with Crippen LogP contribution in [0.4, 0.5) is 0 Å². The van der Waals surface area contributed by atoms with Crippen LogP contribution in [0.25, 0.3) is 0 Å². The monoisotopic (exact) mass is 318 g/mol. The van der Waals surface area contributed by atoms with Gasteiger partial charge in [0, 0.05) is 10.9 Å². The summed E-state index contributed by atoms with van der Waals surface area (Å²) in [5.41, 5.74) is 1.73. The Hall–Kier alpha value is -1.61. The molecule has 0 amide bonds. The van der Waals surface area contributed by atoms with E-state index in [0.29, 0.717) is 24.3 Å². The number of para-hydroxylation sites is 1. The number of ether oxygens (including phenoxy) is 1. The maximum absolute atomic E-state index is 11.8. The second-order valence-electron chi connectivity index (χ2n) is 4.19. The van der Waals surface area contributed by atoms with Crippen molar-refractivity contribution in [3.63, 3.8) is 0 Å². The normalized spacial score (nSPS) is 10.2. The molecule has 0 heterocycles. The predicted molar refractivity (Wildman–Crippen MR) is 79.5 cm³/mol. The van der Waals surface area contributed by atoms with Gasteiger partial charge < -0.3 is 4.74 Å². The van der Waals surface area contributed by atoms with Crippen LogP contribution in [0.3, 0.4) is 0 Å². The summed E-state index contributed by atoms with van der Waals surface area (Å²) in [6.45, 7) is 2.31. The molecular weight excluding hydrogens is 304 g/mol. The van der Waals surface area contributed by atoms with E-state index in [-0.39, 0.29) is 5.78 Å². The van der Waals surface area contributed by atoms with Crippen molar-refractivity contribution in [3.8, 4) is 5.75 Å². The van der Waals surface area contributed by atoms with Crippen LogP contribution >= 0.6 is 15.9 Å². The number of hydrogen-bond acceptors (Lipinski definition) is 2. The fraction of sp³-hybridized carbons (Fsp3) is 0.188. The topological polar surface area (TPSA) is 26.3 Å². The molecule has 19 heavy (non-hydrogen) atoms. The number of rotatable bonds is 5. The Balaban J connectivity index is 2.11. The molecule has 0 aliphatic carbocycles. The number of halogens is 1. The molecule has 0 aliphatic heterocycles. The van der Waals surface area contributed by atoms with Gasteiger partial charge in [0.15, 0.2) is 5.78 Å². The van der Waals surface area contributed by atoms with E-state index in [1.165, 1.54) is 0 Å². The number of benzene rings is 2. The van der Waals surface area contributed by atoms with Crippen LogP contribution in [-0.2, 0) is 6.61 Å². The van der Waals surface area contributed by atoms with Gasteiger partial charge >= 0.3 is 0 Å². The Morgan fingerprint density at radius 3 is 2.47 bits per heavy atom. The fourth-order valence-corrected chi connectivity index (χ4v) is 2.02. The molecule has 0 saturated carbocycles. The maximum Gasteiger partial charge on any atom is 0.166 e. The van der Waals surface area contributed by atoms with E-state index in [1.807, 2.05) is 55.5 Å². The van der Waals surface area contributed by atoms with Crippen LogP contribution in [0.5, 0.6) is 5.75 Å². The third-order valence-electron chi connectivity index (χ3n) is 2.82. The highest BCUT2D eigenvalue weighted by Crippen LogP contribution is 2.21. The van der Waals surface area contributed by atoms with Crippen molar-refractivity contribution in [3.05, 3.63) is 64.1 Å². The van der Waals surface area contributed by atoms with Crippen LogP contribution in [0, 0.1) is 0 Å². The van der Waals surface area contributed by atoms with E-state index in [2.05, 4.69) is 15.9 Å². The lowest BCUT2D eigenvalue weighted by atomic mass is 10.1. The highest BCUT2D eigenvalue weighted by molar-refractivity contribution is 9.10. The third kappa shape index (κ3) is 3.67. The Morgan fingerprint density at radius 1 is 1.11 bits per heavy atom. The maximum atomic E-state index is 11.8. The molecule has 2 aromatic rings. The summed E-state index contributed by atoms with van der Waals surface area (Å²) in [6.07, 6.45) is 0.485. The van der Waals surface area contributed by atoms with E-state index in [0.717, 1.165) is 10.0 Å². The molecule has 98 valence electrons. The van der Waals surface area contributed by atoms with Crippen LogP contribution in [0.1, 0.15) is 29.3 Å². The summed E-state index contributed by atoms with van der Waals surface area (Å²) in [5, 5.41) is 0. The highest BCUT2D eigenvalue weighted by Gasteiger charge is 2.09. The van der Waals surface area contributed by atoms with Gasteiger partial charge in [-0.3, -0.25) is 4.79 Å². The molecule has 0 fully saturated rings. The Morgan fingerprint density at radius 2 is 1.79 bits per heavy atom. The SMILES string of the molecule is CCC(=O)c1ccccc1OCc1ccc(Br)cc1. The second-order valence-corrected chi connectivity index (χ2v) is 5.10. The molecule has 0 atom stereocenters. The lowest BCUT2D eigenvalue weighted by molar-refractivity contribution is 0.0983. The van der Waals surface area contributed by atoms with Gasteiger partial charge in [-0.2, -0.15) is 0 Å². The molecule has 2 aromatic carbocycles. The fourth-order valence-electron chi connectivity index (χ4n) is 1.76. The minimum atomic E-state index is 0.103. The Labute approximate surface area is 121 Å². The van der Waals surface area contributed by atoms with Crippen molar-refractivity contribution in [2.24, 2.45) is 0 Å². The van der Waals surface area contributed by atoms with E-state index in [9.17, 15) is 4.79 Å². The largest absolute Gasteiger partial charge is 0.488 e. The first-order valence-corrected chi connectivity index (χ1v) is 6.99. The highest BCUT2D eigenvalue weighted by atomic mass is 79.9. The molecule has 0 N–H and O–H groups in total. The molecule has 0 aromatic heterocycles. The van der Waals surface area contributed by atoms with Gasteiger partial charge in [-0.1, -0.05) is 47.1 Å². The number of carbonyl (C=O) groups is 1. The van der Waals surface area contributed by atoms with Crippen LogP contribution < -0.4 is 4.74 Å². The van der Waals surface area contributed by atoms with Crippen molar-refractivity contribution in [2.75, 3.05) is 0 Å². The van der Waals surface area contributed by atoms with Gasteiger partial charge in [0.2, 0.25) is 0 Å². The average molecular weight is 319 g/mol. The number of hydrogen-bond donors (Lipinski definition) is 0. The first-order chi connectivity index (χ1) is 9.20. The lowest BCUT2D eigenvalue weighted by Gasteiger charge is -2.10. The van der Waals surface area contributed by atoms with E-state index < -0.39 is 0 Å². The quantitative estimate of drug-likeness (QED) is 0.752. The third-order valence-corrected chi connectivity index (χ3v) is 3.34. The number of Topliss-reactive ketones (excluding diaryl/α,β-unsaturated/α-hetero) is 1. The molecule has 2 nitrogen and oxygen atoms in total. The minimum absolute atomic E-state index is 0.103. The van der Waals surface area contributed by atoms with Gasteiger partial charge in [0.1, 0.15) is 12.4 Å². The molecule has 0 bridgehead atoms. The molecule has 0 aliphatic rings. The molecule has 2 rings (SSSR count). The molecule has 0 unspecified atom stereocenters. The van der Waals surface area contributed by atoms with Crippen molar-refractivity contribution in [2.45, 2.75) is 20.0 Å². The number of ketones is 1. The zero-order valence-electron chi connectivity index (χ0n) is 10.7. The summed E-state index contributed by atoms with van der Waals surface area (Å²) in [6, 6.07) is 15.3. The smallest absolute Gasteiger partial charge is 0.166 e. The summed E-state index contributed by atoms with van der Waals surface area (Å²) in [5.74, 6) is 0.753. The summed E-state index contributed by atoms with van der Waals surface area (Å²) < 4.78 is 6.79. The van der Waals surface area contributed by atoms with Crippen LogP contribution in [0.15, 0.2) is 53.0 Å². The minimum Gasteiger partial charge on any atom is -0.488 e. The van der Waals surface area contributed by atoms with Gasteiger partial charge in [0.05, 0.1) is 5.56 Å². The second kappa shape index (κ2) is 6.53. The summed E-state index contributed by atoms with van der Waals surface area (Å²) in [4.78, 5) is 11.8. The van der Waals surface area contributed by atoms with Crippen molar-refractivity contribution >= 4 is 21.7 Å². The molecule has 0 spiro atoms. The van der Waals surface area contributed by atoms with Crippen molar-refractivity contribution in [1.82, 2.24) is 0 Å². The summed E-state index contributed by atoms with van der Waals surface area (Å²) >= 11 is 3.40. The van der Waals surface area contributed by atoms with Gasteiger partial charge in [0.25, 0.3) is 0 Å². The van der Waals surface area contributed by atoms with Gasteiger partial charge in [-0.05, 0) is 29.8 Å². The zero-order chi connectivity index (χ0) is 13.7. The molecular formula is C16H15BrO2. The standard InChI is InChI=1S/C16H15BrO2/c1-2-15(18)14-5-3-4-6-16(14)19-11-12-7-9-13(17)10-8-12/h3-10H,2,11H2,1H3. The Bertz CT molecular complexity index is 561. The summed E-state index contributed by atoms with van der Waals surface area (Å²) in [7, 11) is 0. The van der Waals surface area contributed by atoms with Crippen LogP contribution in [-0.4, -0.2) is 5.78 Å². The zero-order valence-corrected chi connectivity index (χ0v) is 12.3. The van der Waals surface area contributed by atoms with Crippen LogP contribution in [0.2, 0.25) is 0 Å². The first kappa shape index (κ1) is 13.8. The molecule has 0 saturated heterocycles. The van der Waals surface area contributed by atoms with Crippen molar-refractivity contribution < 1.29 is 9.53 Å². The molecule has 0 radical (unpaired) electrons. The van der Waals surface area contributed by atoms with Gasteiger partial charge in [-0.15, -0.1) is 0 Å².